The van der Waals surface area contributed by atoms with Gasteiger partial charge in [0.2, 0.25) is 0 Å². The first-order valence-corrected chi connectivity index (χ1v) is 8.95. The molecule has 148 valence electrons. The lowest BCUT2D eigenvalue weighted by molar-refractivity contribution is -0.145. The van der Waals surface area contributed by atoms with Gasteiger partial charge in [-0.15, -0.1) is 0 Å². The van der Waals surface area contributed by atoms with Crippen LogP contribution in [-0.2, 0) is 42.2 Å². The molecule has 8 heteroatoms. The van der Waals surface area contributed by atoms with E-state index < -0.39 is 23.8 Å². The lowest BCUT2D eigenvalue weighted by Crippen LogP contribution is -2.41. The third-order valence-corrected chi connectivity index (χ3v) is 4.71. The van der Waals surface area contributed by atoms with Crippen LogP contribution in [0, 0.1) is 0 Å². The van der Waals surface area contributed by atoms with Crippen LogP contribution in [-0.4, -0.2) is 24.7 Å². The van der Waals surface area contributed by atoms with Gasteiger partial charge in [0.05, 0.1) is 6.33 Å². The molecule has 28 heavy (non-hydrogen) atoms. The molecule has 2 aromatic heterocycles. The number of aromatic nitrogens is 4. The number of ether oxygens (including phenoxy) is 1. The highest BCUT2D eigenvalue weighted by Crippen LogP contribution is 2.22. The molecule has 0 bridgehead atoms. The van der Waals surface area contributed by atoms with E-state index in [0.717, 1.165) is 10.1 Å². The number of hydrogen-bond donors (Lipinski definition) is 0. The number of esters is 1. The summed E-state index contributed by atoms with van der Waals surface area (Å²) in [4.78, 5) is 41.3. The van der Waals surface area contributed by atoms with Crippen molar-refractivity contribution >= 4 is 17.1 Å². The Morgan fingerprint density at radius 1 is 1.11 bits per heavy atom. The number of hydrogen-bond acceptors (Lipinski definition) is 5. The second kappa shape index (κ2) is 7.10. The van der Waals surface area contributed by atoms with Gasteiger partial charge in [-0.05, 0) is 16.5 Å². The zero-order valence-corrected chi connectivity index (χ0v) is 16.7. The average Bonchev–Trinajstić information content (AvgIpc) is 3.03. The van der Waals surface area contributed by atoms with Gasteiger partial charge in [0.1, 0.15) is 13.2 Å². The third-order valence-electron chi connectivity index (χ3n) is 4.71. The van der Waals surface area contributed by atoms with Crippen LogP contribution in [0.3, 0.4) is 0 Å². The molecule has 3 aromatic rings. The third kappa shape index (κ3) is 3.62. The van der Waals surface area contributed by atoms with Crippen molar-refractivity contribution in [1.82, 2.24) is 18.7 Å². The molecule has 0 aliphatic carbocycles. The van der Waals surface area contributed by atoms with E-state index in [4.69, 9.17) is 4.74 Å². The Bertz CT molecular complexity index is 1140. The van der Waals surface area contributed by atoms with Crippen LogP contribution in [0.1, 0.15) is 31.9 Å². The standard InChI is InChI=1S/C20H24N4O4/c1-20(2,3)14-8-6-13(7-9-14)11-28-15(25)10-24-18(26)16-17(21-12-22(16)4)23(5)19(24)27/h6-9,12H,10-11H2,1-5H3. The Hall–Kier alpha value is -3.16. The molecule has 0 aliphatic heterocycles. The summed E-state index contributed by atoms with van der Waals surface area (Å²) in [6.07, 6.45) is 1.45. The van der Waals surface area contributed by atoms with Crippen molar-refractivity contribution in [1.29, 1.82) is 0 Å². The van der Waals surface area contributed by atoms with E-state index in [2.05, 4.69) is 25.8 Å². The highest BCUT2D eigenvalue weighted by molar-refractivity contribution is 5.72. The van der Waals surface area contributed by atoms with E-state index in [0.29, 0.717) is 0 Å². The Kier molecular flexibility index (Phi) is 4.97. The lowest BCUT2D eigenvalue weighted by atomic mass is 9.87. The quantitative estimate of drug-likeness (QED) is 0.636. The Balaban J connectivity index is 1.76. The summed E-state index contributed by atoms with van der Waals surface area (Å²) >= 11 is 0. The first-order chi connectivity index (χ1) is 13.1. The first kappa shape index (κ1) is 19.6. The molecule has 0 atom stereocenters. The molecule has 1 aromatic carbocycles. The van der Waals surface area contributed by atoms with Gasteiger partial charge in [-0.2, -0.15) is 0 Å². The molecule has 0 N–H and O–H groups in total. The van der Waals surface area contributed by atoms with E-state index in [1.807, 2.05) is 24.3 Å². The number of carbonyl (C=O) groups is 1. The predicted octanol–water partition coefficient (Wildman–Crippen LogP) is 1.47. The molecule has 2 heterocycles. The van der Waals surface area contributed by atoms with Gasteiger partial charge in [-0.3, -0.25) is 14.2 Å². The van der Waals surface area contributed by atoms with E-state index in [1.54, 1.807) is 7.05 Å². The zero-order chi connectivity index (χ0) is 20.6. The molecule has 0 saturated heterocycles. The number of nitrogens with zero attached hydrogens (tertiary/aromatic N) is 4. The predicted molar refractivity (Wildman–Crippen MR) is 105 cm³/mol. The summed E-state index contributed by atoms with van der Waals surface area (Å²) in [6, 6.07) is 7.81. The smallest absolute Gasteiger partial charge is 0.333 e. The van der Waals surface area contributed by atoms with E-state index in [1.165, 1.54) is 28.1 Å². The minimum atomic E-state index is -0.652. The van der Waals surface area contributed by atoms with E-state index in [-0.39, 0.29) is 23.2 Å². The SMILES string of the molecule is Cn1cnc2c1c(=O)n(CC(=O)OCc1ccc(C(C)(C)C)cc1)c(=O)n2C. The van der Waals surface area contributed by atoms with Gasteiger partial charge in [-0.1, -0.05) is 45.0 Å². The second-order valence-electron chi connectivity index (χ2n) is 7.87. The molecular formula is C20H24N4O4. The van der Waals surface area contributed by atoms with Gasteiger partial charge in [0.15, 0.2) is 11.2 Å². The van der Waals surface area contributed by atoms with Crippen molar-refractivity contribution in [3.05, 3.63) is 62.6 Å². The molecule has 0 fully saturated rings. The van der Waals surface area contributed by atoms with Gasteiger partial charge in [-0.25, -0.2) is 14.3 Å². The van der Waals surface area contributed by atoms with Crippen LogP contribution < -0.4 is 11.2 Å². The molecule has 0 unspecified atom stereocenters. The minimum absolute atomic E-state index is 0.0425. The largest absolute Gasteiger partial charge is 0.459 e. The summed E-state index contributed by atoms with van der Waals surface area (Å²) < 4.78 is 8.90. The molecule has 0 radical (unpaired) electrons. The first-order valence-electron chi connectivity index (χ1n) is 8.95. The molecule has 0 amide bonds. The zero-order valence-electron chi connectivity index (χ0n) is 16.7. The van der Waals surface area contributed by atoms with E-state index >= 15 is 0 Å². The summed E-state index contributed by atoms with van der Waals surface area (Å²) in [5.41, 5.74) is 1.42. The van der Waals surface area contributed by atoms with Crippen LogP contribution in [0.5, 0.6) is 0 Å². The lowest BCUT2D eigenvalue weighted by Gasteiger charge is -2.19. The molecule has 0 spiro atoms. The Morgan fingerprint density at radius 3 is 2.36 bits per heavy atom. The molecular weight excluding hydrogens is 360 g/mol. The summed E-state index contributed by atoms with van der Waals surface area (Å²) in [6.45, 7) is 6.00. The summed E-state index contributed by atoms with van der Waals surface area (Å²) in [5.74, 6) is -0.652. The maximum atomic E-state index is 12.6. The molecule has 0 saturated carbocycles. The van der Waals surface area contributed by atoms with Gasteiger partial charge in [0, 0.05) is 14.1 Å². The minimum Gasteiger partial charge on any atom is -0.459 e. The fourth-order valence-electron chi connectivity index (χ4n) is 2.98. The normalized spacial score (nSPS) is 11.8. The highest BCUT2D eigenvalue weighted by Gasteiger charge is 2.18. The van der Waals surface area contributed by atoms with Crippen LogP contribution >= 0.6 is 0 Å². The van der Waals surface area contributed by atoms with Crippen LogP contribution in [0.2, 0.25) is 0 Å². The second-order valence-corrected chi connectivity index (χ2v) is 7.87. The van der Waals surface area contributed by atoms with Crippen LogP contribution in [0.15, 0.2) is 40.2 Å². The van der Waals surface area contributed by atoms with Gasteiger partial charge < -0.3 is 9.30 Å². The van der Waals surface area contributed by atoms with Gasteiger partial charge >= 0.3 is 11.7 Å². The van der Waals surface area contributed by atoms with Crippen LogP contribution in [0.25, 0.3) is 11.2 Å². The highest BCUT2D eigenvalue weighted by atomic mass is 16.5. The number of fused-ring (bicyclic) bond motifs is 1. The van der Waals surface area contributed by atoms with Crippen molar-refractivity contribution < 1.29 is 9.53 Å². The fraction of sp³-hybridized carbons (Fsp3) is 0.400. The topological polar surface area (TPSA) is 88.1 Å². The van der Waals surface area contributed by atoms with Gasteiger partial charge in [0.25, 0.3) is 5.56 Å². The molecule has 3 rings (SSSR count). The van der Waals surface area contributed by atoms with Crippen molar-refractivity contribution in [2.75, 3.05) is 0 Å². The number of imidazole rings is 1. The van der Waals surface area contributed by atoms with E-state index in [9.17, 15) is 14.4 Å². The van der Waals surface area contributed by atoms with Crippen molar-refractivity contribution in [3.63, 3.8) is 0 Å². The summed E-state index contributed by atoms with van der Waals surface area (Å²) in [7, 11) is 3.17. The maximum absolute atomic E-state index is 12.6. The monoisotopic (exact) mass is 384 g/mol. The fourth-order valence-corrected chi connectivity index (χ4v) is 2.98. The number of carbonyl (C=O) groups excluding carboxylic acids is 1. The van der Waals surface area contributed by atoms with Crippen molar-refractivity contribution in [2.45, 2.75) is 39.3 Å². The maximum Gasteiger partial charge on any atom is 0.333 e. The van der Waals surface area contributed by atoms with Crippen molar-refractivity contribution in [2.24, 2.45) is 14.1 Å². The summed E-state index contributed by atoms with van der Waals surface area (Å²) in [5, 5.41) is 0. The number of rotatable bonds is 4. The number of benzene rings is 1. The van der Waals surface area contributed by atoms with Crippen LogP contribution in [0.4, 0.5) is 0 Å². The Morgan fingerprint density at radius 2 is 1.75 bits per heavy atom. The number of aryl methyl sites for hydroxylation is 2. The Labute approximate surface area is 162 Å². The molecule has 0 aliphatic rings. The molecule has 8 nitrogen and oxygen atoms in total. The van der Waals surface area contributed by atoms with Crippen molar-refractivity contribution in [3.8, 4) is 0 Å². The average molecular weight is 384 g/mol.